The van der Waals surface area contributed by atoms with Crippen molar-refractivity contribution in [1.82, 2.24) is 15.1 Å². The summed E-state index contributed by atoms with van der Waals surface area (Å²) in [6, 6.07) is 5.99. The minimum atomic E-state index is -1.09. The highest BCUT2D eigenvalue weighted by Crippen LogP contribution is 2.21. The number of hydrogen-bond acceptors (Lipinski definition) is 3. The standard InChI is InChI=1S/C17H21N3O3/c1-5-20-14(9-11(3)19-20)16(21)18-15(17(22)23)13-8-6-7-10(2)12(13)4/h6-9,15H,5H2,1-4H3,(H,18,21)(H,22,23). The van der Waals surface area contributed by atoms with Gasteiger partial charge in [0.05, 0.1) is 5.69 Å². The summed E-state index contributed by atoms with van der Waals surface area (Å²) in [5, 5.41) is 16.4. The molecule has 0 saturated heterocycles. The average Bonchev–Trinajstić information content (AvgIpc) is 2.88. The molecule has 122 valence electrons. The van der Waals surface area contributed by atoms with E-state index < -0.39 is 17.9 Å². The van der Waals surface area contributed by atoms with Gasteiger partial charge < -0.3 is 10.4 Å². The number of hydrogen-bond donors (Lipinski definition) is 2. The molecule has 2 rings (SSSR count). The van der Waals surface area contributed by atoms with Gasteiger partial charge in [-0.2, -0.15) is 5.10 Å². The van der Waals surface area contributed by atoms with Crippen molar-refractivity contribution in [3.8, 4) is 0 Å². The smallest absolute Gasteiger partial charge is 0.330 e. The number of carbonyl (C=O) groups is 2. The van der Waals surface area contributed by atoms with Gasteiger partial charge in [-0.05, 0) is 50.5 Å². The van der Waals surface area contributed by atoms with Crippen LogP contribution >= 0.6 is 0 Å². The van der Waals surface area contributed by atoms with Gasteiger partial charge in [0.2, 0.25) is 0 Å². The Morgan fingerprint density at radius 1 is 1.30 bits per heavy atom. The van der Waals surface area contributed by atoms with Crippen molar-refractivity contribution < 1.29 is 14.7 Å². The van der Waals surface area contributed by atoms with Crippen LogP contribution in [0.4, 0.5) is 0 Å². The molecular weight excluding hydrogens is 294 g/mol. The molecule has 0 radical (unpaired) electrons. The van der Waals surface area contributed by atoms with E-state index in [0.29, 0.717) is 17.8 Å². The van der Waals surface area contributed by atoms with E-state index in [1.54, 1.807) is 29.8 Å². The normalized spacial score (nSPS) is 12.0. The molecule has 1 unspecified atom stereocenters. The Balaban J connectivity index is 2.35. The first-order chi connectivity index (χ1) is 10.8. The SMILES string of the molecule is CCn1nc(C)cc1C(=O)NC(C(=O)O)c1cccc(C)c1C. The van der Waals surface area contributed by atoms with E-state index >= 15 is 0 Å². The quantitative estimate of drug-likeness (QED) is 0.887. The molecule has 0 spiro atoms. The summed E-state index contributed by atoms with van der Waals surface area (Å²) in [5.74, 6) is -1.54. The van der Waals surface area contributed by atoms with Gasteiger partial charge in [-0.15, -0.1) is 0 Å². The van der Waals surface area contributed by atoms with E-state index in [1.165, 1.54) is 0 Å². The number of rotatable bonds is 5. The maximum absolute atomic E-state index is 12.5. The van der Waals surface area contributed by atoms with Crippen LogP contribution in [0.3, 0.4) is 0 Å². The van der Waals surface area contributed by atoms with Gasteiger partial charge in [-0.25, -0.2) is 4.79 Å². The van der Waals surface area contributed by atoms with E-state index in [-0.39, 0.29) is 0 Å². The number of nitrogens with one attached hydrogen (secondary N) is 1. The molecule has 6 nitrogen and oxygen atoms in total. The minimum absolute atomic E-state index is 0.363. The minimum Gasteiger partial charge on any atom is -0.479 e. The van der Waals surface area contributed by atoms with Crippen molar-refractivity contribution in [2.24, 2.45) is 0 Å². The highest BCUT2D eigenvalue weighted by Gasteiger charge is 2.26. The zero-order valence-electron chi connectivity index (χ0n) is 13.8. The third-order valence-electron chi connectivity index (χ3n) is 3.91. The topological polar surface area (TPSA) is 84.2 Å². The molecule has 1 aromatic heterocycles. The van der Waals surface area contributed by atoms with Crippen LogP contribution in [0.1, 0.15) is 45.8 Å². The maximum atomic E-state index is 12.5. The number of amides is 1. The van der Waals surface area contributed by atoms with Crippen LogP contribution in [-0.2, 0) is 11.3 Å². The summed E-state index contributed by atoms with van der Waals surface area (Å²) in [5.41, 5.74) is 3.51. The van der Waals surface area contributed by atoms with E-state index in [0.717, 1.165) is 16.8 Å². The molecule has 0 saturated carbocycles. The fraction of sp³-hybridized carbons (Fsp3) is 0.353. The molecule has 1 heterocycles. The molecule has 1 aromatic carbocycles. The monoisotopic (exact) mass is 315 g/mol. The zero-order valence-corrected chi connectivity index (χ0v) is 13.8. The number of carbonyl (C=O) groups excluding carboxylic acids is 1. The van der Waals surface area contributed by atoms with Gasteiger partial charge in [0.25, 0.3) is 5.91 Å². The Bertz CT molecular complexity index is 750. The average molecular weight is 315 g/mol. The van der Waals surface area contributed by atoms with Gasteiger partial charge in [-0.1, -0.05) is 18.2 Å². The number of carboxylic acids is 1. The van der Waals surface area contributed by atoms with Crippen molar-refractivity contribution in [3.05, 3.63) is 52.3 Å². The predicted molar refractivity (Wildman–Crippen MR) is 86.4 cm³/mol. The third kappa shape index (κ3) is 3.41. The molecule has 1 atom stereocenters. The molecule has 0 aliphatic rings. The lowest BCUT2D eigenvalue weighted by Gasteiger charge is -2.18. The molecule has 1 amide bonds. The fourth-order valence-corrected chi connectivity index (χ4v) is 2.53. The number of benzene rings is 1. The highest BCUT2D eigenvalue weighted by molar-refractivity contribution is 5.95. The van der Waals surface area contributed by atoms with Crippen molar-refractivity contribution >= 4 is 11.9 Å². The van der Waals surface area contributed by atoms with Gasteiger partial charge in [-0.3, -0.25) is 9.48 Å². The van der Waals surface area contributed by atoms with Gasteiger partial charge in [0.1, 0.15) is 5.69 Å². The molecule has 2 aromatic rings. The van der Waals surface area contributed by atoms with Crippen LogP contribution in [-0.4, -0.2) is 26.8 Å². The van der Waals surface area contributed by atoms with Crippen LogP contribution in [0.25, 0.3) is 0 Å². The summed E-state index contributed by atoms with van der Waals surface area (Å²) in [7, 11) is 0. The summed E-state index contributed by atoms with van der Waals surface area (Å²) < 4.78 is 1.56. The molecule has 0 aliphatic carbocycles. The number of carboxylic acid groups (broad SMARTS) is 1. The van der Waals surface area contributed by atoms with Crippen LogP contribution in [0.2, 0.25) is 0 Å². The Hall–Kier alpha value is -2.63. The third-order valence-corrected chi connectivity index (χ3v) is 3.91. The van der Waals surface area contributed by atoms with Gasteiger partial charge >= 0.3 is 5.97 Å². The molecule has 0 aliphatic heterocycles. The molecule has 0 fully saturated rings. The number of aryl methyl sites for hydroxylation is 3. The second-order valence-electron chi connectivity index (χ2n) is 5.52. The Kier molecular flexibility index (Phi) is 4.83. The number of aromatic nitrogens is 2. The number of aliphatic carboxylic acids is 1. The Labute approximate surface area is 135 Å². The lowest BCUT2D eigenvalue weighted by Crippen LogP contribution is -2.35. The van der Waals surface area contributed by atoms with Crippen LogP contribution in [0.15, 0.2) is 24.3 Å². The molecule has 2 N–H and O–H groups in total. The van der Waals surface area contributed by atoms with Gasteiger partial charge in [0, 0.05) is 6.54 Å². The maximum Gasteiger partial charge on any atom is 0.330 e. The van der Waals surface area contributed by atoms with E-state index in [2.05, 4.69) is 10.4 Å². The fourth-order valence-electron chi connectivity index (χ4n) is 2.53. The molecule has 23 heavy (non-hydrogen) atoms. The summed E-state index contributed by atoms with van der Waals surface area (Å²) >= 11 is 0. The van der Waals surface area contributed by atoms with Crippen LogP contribution < -0.4 is 5.32 Å². The molecule has 6 heteroatoms. The highest BCUT2D eigenvalue weighted by atomic mass is 16.4. The summed E-state index contributed by atoms with van der Waals surface area (Å²) in [6.45, 7) is 7.98. The van der Waals surface area contributed by atoms with Crippen molar-refractivity contribution in [1.29, 1.82) is 0 Å². The van der Waals surface area contributed by atoms with Crippen molar-refractivity contribution in [2.75, 3.05) is 0 Å². The second-order valence-corrected chi connectivity index (χ2v) is 5.52. The first-order valence-corrected chi connectivity index (χ1v) is 7.49. The lowest BCUT2D eigenvalue weighted by atomic mass is 9.97. The Morgan fingerprint density at radius 3 is 2.61 bits per heavy atom. The van der Waals surface area contributed by atoms with Crippen LogP contribution in [0.5, 0.6) is 0 Å². The van der Waals surface area contributed by atoms with Crippen molar-refractivity contribution in [3.63, 3.8) is 0 Å². The lowest BCUT2D eigenvalue weighted by molar-refractivity contribution is -0.139. The summed E-state index contributed by atoms with van der Waals surface area (Å²) in [6.07, 6.45) is 0. The van der Waals surface area contributed by atoms with E-state index in [9.17, 15) is 14.7 Å². The zero-order chi connectivity index (χ0) is 17.1. The van der Waals surface area contributed by atoms with Gasteiger partial charge in [0.15, 0.2) is 6.04 Å². The van der Waals surface area contributed by atoms with E-state index in [4.69, 9.17) is 0 Å². The first-order valence-electron chi connectivity index (χ1n) is 7.49. The first kappa shape index (κ1) is 16.7. The molecular formula is C17H21N3O3. The predicted octanol–water partition coefficient (Wildman–Crippen LogP) is 2.38. The van der Waals surface area contributed by atoms with Crippen molar-refractivity contribution in [2.45, 2.75) is 40.3 Å². The van der Waals surface area contributed by atoms with E-state index in [1.807, 2.05) is 26.8 Å². The molecule has 0 bridgehead atoms. The number of nitrogens with zero attached hydrogens (tertiary/aromatic N) is 2. The largest absolute Gasteiger partial charge is 0.479 e. The second kappa shape index (κ2) is 6.64. The van der Waals surface area contributed by atoms with Crippen LogP contribution in [0, 0.1) is 20.8 Å². The summed E-state index contributed by atoms with van der Waals surface area (Å²) in [4.78, 5) is 24.1. The Morgan fingerprint density at radius 2 is 2.00 bits per heavy atom.